The Morgan fingerprint density at radius 3 is 2.25 bits per heavy atom. The Morgan fingerprint density at radius 1 is 0.833 bits per heavy atom. The molecule has 3 heterocycles. The molecule has 1 unspecified atom stereocenters. The van der Waals surface area contributed by atoms with Crippen LogP contribution in [0.2, 0.25) is 5.02 Å². The van der Waals surface area contributed by atoms with Gasteiger partial charge < -0.3 is 4.90 Å². The van der Waals surface area contributed by atoms with E-state index < -0.39 is 0 Å². The smallest absolute Gasteiger partial charge is 0.207 e. The van der Waals surface area contributed by atoms with Crippen LogP contribution in [0.5, 0.6) is 0 Å². The number of rotatable bonds is 5. The Morgan fingerprint density at radius 2 is 1.53 bits per heavy atom. The van der Waals surface area contributed by atoms with Crippen LogP contribution < -0.4 is 9.91 Å². The summed E-state index contributed by atoms with van der Waals surface area (Å²) in [7, 11) is 0. The molecule has 1 aromatic heterocycles. The van der Waals surface area contributed by atoms with Gasteiger partial charge in [0.1, 0.15) is 0 Å². The Hall–Kier alpha value is -2.67. The maximum Gasteiger partial charge on any atom is 0.207 e. The van der Waals surface area contributed by atoms with Gasteiger partial charge in [-0.05, 0) is 66.8 Å². The van der Waals surface area contributed by atoms with Crippen LogP contribution in [0.1, 0.15) is 42.9 Å². The first-order valence-electron chi connectivity index (χ1n) is 12.3. The van der Waals surface area contributed by atoms with Crippen LogP contribution in [-0.2, 0) is 0 Å². The second kappa shape index (κ2) is 10.4. The second-order valence-electron chi connectivity index (χ2n) is 9.28. The summed E-state index contributed by atoms with van der Waals surface area (Å²) in [6.07, 6.45) is 4.72. The number of hydrogen-bond acceptors (Lipinski definition) is 5. The lowest BCUT2D eigenvalue weighted by Crippen LogP contribution is -2.29. The molecule has 0 aliphatic carbocycles. The van der Waals surface area contributed by atoms with Gasteiger partial charge in [0.05, 0.1) is 17.4 Å². The SMILES string of the molecule is Clc1ccc(C2CC(c3ccc(N4CCCCC4)cc3)=NN2c2nc(-c3ccc(Br)cc3)cs2)cc1. The Bertz CT molecular complexity index is 1360. The first kappa shape index (κ1) is 23.7. The van der Waals surface area contributed by atoms with E-state index in [1.807, 2.05) is 24.3 Å². The topological polar surface area (TPSA) is 31.7 Å². The van der Waals surface area contributed by atoms with E-state index in [2.05, 4.69) is 79.7 Å². The molecule has 4 aromatic rings. The van der Waals surface area contributed by atoms with Crippen LogP contribution in [0.25, 0.3) is 11.3 Å². The highest BCUT2D eigenvalue weighted by Gasteiger charge is 2.32. The number of anilines is 2. The predicted molar refractivity (Wildman–Crippen MR) is 156 cm³/mol. The van der Waals surface area contributed by atoms with Crippen LogP contribution in [0.3, 0.4) is 0 Å². The van der Waals surface area contributed by atoms with Crippen LogP contribution >= 0.6 is 38.9 Å². The number of halogens is 2. The molecule has 0 saturated carbocycles. The molecule has 1 atom stereocenters. The summed E-state index contributed by atoms with van der Waals surface area (Å²) in [6.45, 7) is 2.30. The highest BCUT2D eigenvalue weighted by atomic mass is 79.9. The van der Waals surface area contributed by atoms with Gasteiger partial charge in [-0.3, -0.25) is 0 Å². The molecule has 2 aliphatic heterocycles. The molecule has 0 bridgehead atoms. The summed E-state index contributed by atoms with van der Waals surface area (Å²) in [6, 6.07) is 25.4. The number of nitrogens with zero attached hydrogens (tertiary/aromatic N) is 4. The first-order chi connectivity index (χ1) is 17.6. The summed E-state index contributed by atoms with van der Waals surface area (Å²) in [5, 5.41) is 10.9. The molecule has 182 valence electrons. The quantitative estimate of drug-likeness (QED) is 0.238. The van der Waals surface area contributed by atoms with E-state index in [4.69, 9.17) is 21.7 Å². The highest BCUT2D eigenvalue weighted by Crippen LogP contribution is 2.40. The maximum atomic E-state index is 6.20. The number of thiazole rings is 1. The monoisotopic (exact) mass is 576 g/mol. The fourth-order valence-electron chi connectivity index (χ4n) is 4.95. The molecule has 0 amide bonds. The molecule has 3 aromatic carbocycles. The largest absolute Gasteiger partial charge is 0.372 e. The fraction of sp³-hybridized carbons (Fsp3) is 0.241. The van der Waals surface area contributed by atoms with Crippen LogP contribution in [0.15, 0.2) is 87.8 Å². The van der Waals surface area contributed by atoms with Gasteiger partial charge >= 0.3 is 0 Å². The van der Waals surface area contributed by atoms with Crippen molar-refractivity contribution in [2.45, 2.75) is 31.7 Å². The Kier molecular flexibility index (Phi) is 6.83. The first-order valence-corrected chi connectivity index (χ1v) is 14.4. The third kappa shape index (κ3) is 4.95. The molecule has 1 saturated heterocycles. The van der Waals surface area contributed by atoms with E-state index >= 15 is 0 Å². The van der Waals surface area contributed by atoms with E-state index in [0.29, 0.717) is 0 Å². The van der Waals surface area contributed by atoms with Crippen molar-refractivity contribution in [1.29, 1.82) is 0 Å². The fourth-order valence-corrected chi connectivity index (χ4v) is 6.17. The van der Waals surface area contributed by atoms with Gasteiger partial charge in [0.15, 0.2) is 0 Å². The van der Waals surface area contributed by atoms with Crippen molar-refractivity contribution in [3.05, 3.63) is 98.8 Å². The molecular formula is C29H26BrClN4S. The molecule has 1 fully saturated rings. The van der Waals surface area contributed by atoms with Gasteiger partial charge in [0, 0.05) is 45.6 Å². The van der Waals surface area contributed by atoms with Crippen molar-refractivity contribution >= 4 is 55.4 Å². The minimum atomic E-state index is 0.0722. The number of piperidine rings is 1. The maximum absolute atomic E-state index is 6.20. The van der Waals surface area contributed by atoms with Crippen molar-refractivity contribution in [3.63, 3.8) is 0 Å². The molecule has 0 spiro atoms. The minimum absolute atomic E-state index is 0.0722. The van der Waals surface area contributed by atoms with Crippen molar-refractivity contribution in [3.8, 4) is 11.3 Å². The van der Waals surface area contributed by atoms with E-state index in [1.165, 1.54) is 36.1 Å². The van der Waals surface area contributed by atoms with Gasteiger partial charge in [-0.15, -0.1) is 11.3 Å². The van der Waals surface area contributed by atoms with Crippen LogP contribution in [0.4, 0.5) is 10.8 Å². The van der Waals surface area contributed by atoms with Crippen LogP contribution in [-0.4, -0.2) is 23.8 Å². The van der Waals surface area contributed by atoms with E-state index in [0.717, 1.165) is 51.1 Å². The van der Waals surface area contributed by atoms with Gasteiger partial charge in [0.2, 0.25) is 5.13 Å². The number of hydrazone groups is 1. The predicted octanol–water partition coefficient (Wildman–Crippen LogP) is 8.57. The van der Waals surface area contributed by atoms with E-state index in [-0.39, 0.29) is 6.04 Å². The summed E-state index contributed by atoms with van der Waals surface area (Å²) >= 11 is 11.3. The van der Waals surface area contributed by atoms with Crippen molar-refractivity contribution in [1.82, 2.24) is 4.98 Å². The zero-order valence-corrected chi connectivity index (χ0v) is 22.9. The van der Waals surface area contributed by atoms with Gasteiger partial charge in [0.25, 0.3) is 0 Å². The summed E-state index contributed by atoms with van der Waals surface area (Å²) in [5.74, 6) is 0. The van der Waals surface area contributed by atoms with Gasteiger partial charge in [-0.1, -0.05) is 63.9 Å². The lowest BCUT2D eigenvalue weighted by atomic mass is 9.98. The van der Waals surface area contributed by atoms with Crippen molar-refractivity contribution in [2.75, 3.05) is 23.0 Å². The third-order valence-electron chi connectivity index (χ3n) is 6.91. The molecular weight excluding hydrogens is 552 g/mol. The number of benzene rings is 3. The average Bonchev–Trinajstić information content (AvgIpc) is 3.58. The van der Waals surface area contributed by atoms with Gasteiger partial charge in [-0.2, -0.15) is 5.10 Å². The van der Waals surface area contributed by atoms with Crippen molar-refractivity contribution in [2.24, 2.45) is 5.10 Å². The Balaban J connectivity index is 1.31. The summed E-state index contributed by atoms with van der Waals surface area (Å²) in [4.78, 5) is 7.47. The zero-order chi connectivity index (χ0) is 24.5. The van der Waals surface area contributed by atoms with Gasteiger partial charge in [-0.25, -0.2) is 9.99 Å². The molecule has 0 N–H and O–H groups in total. The minimum Gasteiger partial charge on any atom is -0.372 e. The second-order valence-corrected chi connectivity index (χ2v) is 11.5. The number of hydrogen-bond donors (Lipinski definition) is 0. The van der Waals surface area contributed by atoms with Crippen LogP contribution in [0, 0.1) is 0 Å². The average molecular weight is 578 g/mol. The lowest BCUT2D eigenvalue weighted by molar-refractivity contribution is 0.578. The molecule has 6 rings (SSSR count). The van der Waals surface area contributed by atoms with E-state index in [1.54, 1.807) is 11.3 Å². The lowest BCUT2D eigenvalue weighted by Gasteiger charge is -2.28. The molecule has 36 heavy (non-hydrogen) atoms. The zero-order valence-electron chi connectivity index (χ0n) is 19.8. The normalized spacial score (nSPS) is 17.9. The Labute approximate surface area is 229 Å². The summed E-state index contributed by atoms with van der Waals surface area (Å²) in [5.41, 5.74) is 6.81. The molecule has 0 radical (unpaired) electrons. The summed E-state index contributed by atoms with van der Waals surface area (Å²) < 4.78 is 1.06. The molecule has 2 aliphatic rings. The standard InChI is InChI=1S/C29H26BrClN4S/c30-23-10-4-21(5-11-23)27-19-36-29(32-27)35-28(22-6-12-24(31)13-7-22)18-26(33-35)20-8-14-25(15-9-20)34-16-2-1-3-17-34/h4-15,19,28H,1-3,16-18H2. The third-order valence-corrected chi connectivity index (χ3v) is 8.53. The molecule has 7 heteroatoms. The van der Waals surface area contributed by atoms with Crippen molar-refractivity contribution < 1.29 is 0 Å². The number of aromatic nitrogens is 1. The highest BCUT2D eigenvalue weighted by molar-refractivity contribution is 9.10. The van der Waals surface area contributed by atoms with E-state index in [9.17, 15) is 0 Å². The molecule has 4 nitrogen and oxygen atoms in total.